The molecule has 6 nitrogen and oxygen atoms in total. The third kappa shape index (κ3) is 7.10. The predicted molar refractivity (Wildman–Crippen MR) is 126 cm³/mol. The summed E-state index contributed by atoms with van der Waals surface area (Å²) in [6.07, 6.45) is -4.88. The van der Waals surface area contributed by atoms with Crippen molar-refractivity contribution in [2.24, 2.45) is 0 Å². The number of carbonyl (C=O) groups is 1. The van der Waals surface area contributed by atoms with E-state index in [2.05, 4.69) is 10.1 Å². The average Bonchev–Trinajstić information content (AvgIpc) is 2.84. The Labute approximate surface area is 209 Å². The number of anilines is 1. The average molecular weight is 519 g/mol. The molecule has 1 amide bonds. The van der Waals surface area contributed by atoms with Crippen LogP contribution in [0.15, 0.2) is 60.7 Å². The smallest absolute Gasteiger partial charge is 0.489 e. The Morgan fingerprint density at radius 2 is 1.59 bits per heavy atom. The van der Waals surface area contributed by atoms with Gasteiger partial charge in [-0.3, -0.25) is 4.79 Å². The van der Waals surface area contributed by atoms with E-state index in [0.29, 0.717) is 5.56 Å². The minimum atomic E-state index is -4.88. The van der Waals surface area contributed by atoms with Crippen LogP contribution in [0.25, 0.3) is 11.1 Å². The van der Waals surface area contributed by atoms with Crippen molar-refractivity contribution < 1.29 is 36.2 Å². The second-order valence-electron chi connectivity index (χ2n) is 8.46. The number of hydrogen-bond acceptors (Lipinski definition) is 5. The van der Waals surface area contributed by atoms with E-state index in [4.69, 9.17) is 4.74 Å². The summed E-state index contributed by atoms with van der Waals surface area (Å²) in [4.78, 5) is 14.5. The van der Waals surface area contributed by atoms with E-state index in [1.54, 1.807) is 24.3 Å². The van der Waals surface area contributed by atoms with Gasteiger partial charge >= 0.3 is 6.36 Å². The highest BCUT2D eigenvalue weighted by Gasteiger charge is 2.32. The highest BCUT2D eigenvalue weighted by molar-refractivity contribution is 5.95. The number of nitrogens with zero attached hydrogens (tertiary/aromatic N) is 2. The summed E-state index contributed by atoms with van der Waals surface area (Å²) in [6, 6.07) is 14.8. The van der Waals surface area contributed by atoms with Crippen LogP contribution in [0.1, 0.15) is 17.3 Å². The molecule has 3 aromatic carbocycles. The molecule has 1 atom stereocenters. The molecule has 0 heterocycles. The summed E-state index contributed by atoms with van der Waals surface area (Å²) in [5.41, 5.74) is -0.0219. The fraction of sp³-hybridized carbons (Fsp3) is 0.231. The number of amides is 1. The molecule has 0 spiro atoms. The van der Waals surface area contributed by atoms with E-state index < -0.39 is 41.8 Å². The lowest BCUT2D eigenvalue weighted by molar-refractivity contribution is -0.274. The van der Waals surface area contributed by atoms with E-state index in [0.717, 1.165) is 42.1 Å². The molecule has 0 radical (unpaired) electrons. The minimum absolute atomic E-state index is 0.0366. The van der Waals surface area contributed by atoms with Crippen molar-refractivity contribution in [3.05, 3.63) is 77.9 Å². The van der Waals surface area contributed by atoms with Crippen LogP contribution in [0.4, 0.5) is 27.6 Å². The van der Waals surface area contributed by atoms with Crippen LogP contribution >= 0.6 is 0 Å². The lowest BCUT2D eigenvalue weighted by Gasteiger charge is -2.24. The Morgan fingerprint density at radius 1 is 1.00 bits per heavy atom. The van der Waals surface area contributed by atoms with Crippen molar-refractivity contribution in [1.29, 1.82) is 5.26 Å². The quantitative estimate of drug-likeness (QED) is 0.387. The molecule has 3 rings (SSSR count). The number of benzene rings is 3. The molecule has 0 aliphatic rings. The predicted octanol–water partition coefficient (Wildman–Crippen LogP) is 5.69. The number of ether oxygens (including phenoxy) is 2. The Balaban J connectivity index is 1.78. The van der Waals surface area contributed by atoms with Crippen LogP contribution in [-0.2, 0) is 0 Å². The van der Waals surface area contributed by atoms with E-state index in [9.17, 15) is 32.0 Å². The number of rotatable bonds is 8. The first-order valence-corrected chi connectivity index (χ1v) is 10.8. The number of nitriles is 1. The molecule has 0 saturated heterocycles. The summed E-state index contributed by atoms with van der Waals surface area (Å²) in [7, 11) is 3.70. The molecule has 1 N–H and O–H groups in total. The van der Waals surface area contributed by atoms with Gasteiger partial charge in [-0.1, -0.05) is 12.1 Å². The molecular weight excluding hydrogens is 497 g/mol. The van der Waals surface area contributed by atoms with Crippen molar-refractivity contribution in [1.82, 2.24) is 5.32 Å². The second-order valence-corrected chi connectivity index (χ2v) is 8.46. The maximum Gasteiger partial charge on any atom is 0.573 e. The van der Waals surface area contributed by atoms with Crippen LogP contribution in [0.3, 0.4) is 0 Å². The number of nitrogens with one attached hydrogen (secondary N) is 1. The van der Waals surface area contributed by atoms with Crippen LogP contribution in [0.2, 0.25) is 0 Å². The first-order chi connectivity index (χ1) is 17.3. The zero-order valence-corrected chi connectivity index (χ0v) is 20.0. The van der Waals surface area contributed by atoms with Crippen LogP contribution in [0.5, 0.6) is 11.5 Å². The van der Waals surface area contributed by atoms with Crippen molar-refractivity contribution >= 4 is 11.6 Å². The van der Waals surface area contributed by atoms with E-state index in [1.165, 1.54) is 6.92 Å². The van der Waals surface area contributed by atoms with Gasteiger partial charge in [0.15, 0.2) is 17.2 Å². The molecule has 0 aliphatic carbocycles. The first-order valence-electron chi connectivity index (χ1n) is 10.8. The van der Waals surface area contributed by atoms with E-state index in [-0.39, 0.29) is 16.9 Å². The first kappa shape index (κ1) is 27.3. The molecular formula is C26H22F5N3O3. The third-order valence-electron chi connectivity index (χ3n) is 5.22. The van der Waals surface area contributed by atoms with Gasteiger partial charge in [0.1, 0.15) is 18.1 Å². The maximum atomic E-state index is 14.1. The van der Waals surface area contributed by atoms with Crippen LogP contribution in [0, 0.1) is 23.0 Å². The molecule has 194 valence electrons. The molecule has 11 heteroatoms. The maximum absolute atomic E-state index is 14.1. The molecule has 0 aliphatic heterocycles. The Hall–Kier alpha value is -4.33. The highest BCUT2D eigenvalue weighted by atomic mass is 19.4. The lowest BCUT2D eigenvalue weighted by atomic mass is 10.0. The molecule has 3 aromatic rings. The van der Waals surface area contributed by atoms with Gasteiger partial charge in [0.05, 0.1) is 6.07 Å². The van der Waals surface area contributed by atoms with Crippen molar-refractivity contribution in [3.63, 3.8) is 0 Å². The summed E-state index contributed by atoms with van der Waals surface area (Å²) in [6.45, 7) is 0.899. The second kappa shape index (κ2) is 10.7. The SMILES string of the molecule is CN(C)c1ccc(-c2cc(F)c(F)cc2OCC(C)(C#N)NC(=O)c2ccc(OC(F)(F)F)cc2)cc1. The minimum Gasteiger partial charge on any atom is -0.489 e. The van der Waals surface area contributed by atoms with Crippen LogP contribution in [-0.4, -0.2) is 38.5 Å². The molecule has 0 bridgehead atoms. The monoisotopic (exact) mass is 519 g/mol. The normalized spacial score (nSPS) is 12.7. The van der Waals surface area contributed by atoms with Crippen LogP contribution < -0.4 is 19.7 Å². The summed E-state index contributed by atoms with van der Waals surface area (Å²) >= 11 is 0. The topological polar surface area (TPSA) is 74.6 Å². The van der Waals surface area contributed by atoms with E-state index >= 15 is 0 Å². The molecule has 1 unspecified atom stereocenters. The summed E-state index contributed by atoms with van der Waals surface area (Å²) < 4.78 is 74.5. The van der Waals surface area contributed by atoms with E-state index in [1.807, 2.05) is 25.1 Å². The Bertz CT molecular complexity index is 1300. The third-order valence-corrected chi connectivity index (χ3v) is 5.22. The van der Waals surface area contributed by atoms with Gasteiger partial charge < -0.3 is 19.7 Å². The zero-order valence-electron chi connectivity index (χ0n) is 20.0. The molecule has 0 fully saturated rings. The summed E-state index contributed by atoms with van der Waals surface area (Å²) in [5.74, 6) is -3.59. The molecule has 0 aromatic heterocycles. The van der Waals surface area contributed by atoms with Gasteiger partial charge in [-0.25, -0.2) is 8.78 Å². The fourth-order valence-electron chi connectivity index (χ4n) is 3.26. The van der Waals surface area contributed by atoms with Crippen molar-refractivity contribution in [3.8, 4) is 28.7 Å². The standard InChI is InChI=1S/C26H22F5N3O3/c1-25(14-32,33-24(35)17-6-10-19(11-7-17)37-26(29,30)31)15-36-23-13-22(28)21(27)12-20(23)16-4-8-18(9-5-16)34(2)3/h4-13H,15H2,1-3H3,(H,33,35). The number of carbonyl (C=O) groups excluding carboxylic acids is 1. The lowest BCUT2D eigenvalue weighted by Crippen LogP contribution is -2.49. The zero-order chi connectivity index (χ0) is 27.4. The Kier molecular flexibility index (Phi) is 7.91. The number of hydrogen-bond donors (Lipinski definition) is 1. The van der Waals surface area contributed by atoms with Gasteiger partial charge in [0.2, 0.25) is 0 Å². The number of alkyl halides is 3. The van der Waals surface area contributed by atoms with Gasteiger partial charge in [0, 0.05) is 37.0 Å². The Morgan fingerprint density at radius 3 is 2.14 bits per heavy atom. The fourth-order valence-corrected chi connectivity index (χ4v) is 3.26. The van der Waals surface area contributed by atoms with Gasteiger partial charge in [-0.2, -0.15) is 5.26 Å². The largest absolute Gasteiger partial charge is 0.573 e. The van der Waals surface area contributed by atoms with Crippen molar-refractivity contribution in [2.75, 3.05) is 25.6 Å². The highest BCUT2D eigenvalue weighted by Crippen LogP contribution is 2.34. The molecule has 37 heavy (non-hydrogen) atoms. The van der Waals surface area contributed by atoms with Crippen molar-refractivity contribution in [2.45, 2.75) is 18.8 Å². The summed E-state index contributed by atoms with van der Waals surface area (Å²) in [5, 5.41) is 12.1. The molecule has 0 saturated carbocycles. The van der Waals surface area contributed by atoms with Gasteiger partial charge in [0.25, 0.3) is 5.91 Å². The number of halogens is 5. The van der Waals surface area contributed by atoms with Gasteiger partial charge in [-0.05, 0) is 55.0 Å². The van der Waals surface area contributed by atoms with Gasteiger partial charge in [-0.15, -0.1) is 13.2 Å².